The highest BCUT2D eigenvalue weighted by molar-refractivity contribution is 5.78. The number of amides is 1. The van der Waals surface area contributed by atoms with Crippen molar-refractivity contribution >= 4 is 5.91 Å². The molecule has 1 N–H and O–H groups in total. The molecule has 1 amide bonds. The van der Waals surface area contributed by atoms with Crippen molar-refractivity contribution in [1.29, 1.82) is 0 Å². The molecule has 0 aliphatic carbocycles. The molecule has 1 saturated heterocycles. The Bertz CT molecular complexity index is 413. The minimum atomic E-state index is -0.273. The van der Waals surface area contributed by atoms with Gasteiger partial charge in [0.05, 0.1) is 0 Å². The van der Waals surface area contributed by atoms with Gasteiger partial charge >= 0.3 is 0 Å². The minimum Gasteiger partial charge on any atom is -0.396 e. The molecule has 0 saturated carbocycles. The van der Waals surface area contributed by atoms with Crippen LogP contribution in [0.25, 0.3) is 0 Å². The Kier molecular flexibility index (Phi) is 3.43. The molecule has 1 aromatic rings. The molecule has 3 nitrogen and oxygen atoms in total. The van der Waals surface area contributed by atoms with Crippen LogP contribution in [0.1, 0.15) is 17.5 Å². The molecule has 1 heterocycles. The van der Waals surface area contributed by atoms with Crippen molar-refractivity contribution in [1.82, 2.24) is 4.90 Å². The SMILES string of the molecule is Cc1cc(F)cc(CN2CC(CO)CC2=O)c1. The predicted molar refractivity (Wildman–Crippen MR) is 61.7 cm³/mol. The molecule has 4 heteroatoms. The van der Waals surface area contributed by atoms with E-state index in [4.69, 9.17) is 5.11 Å². The van der Waals surface area contributed by atoms with Gasteiger partial charge in [-0.05, 0) is 30.2 Å². The lowest BCUT2D eigenvalue weighted by Gasteiger charge is -2.16. The van der Waals surface area contributed by atoms with Crippen LogP contribution in [0, 0.1) is 18.7 Å². The number of rotatable bonds is 3. The monoisotopic (exact) mass is 237 g/mol. The average molecular weight is 237 g/mol. The predicted octanol–water partition coefficient (Wildman–Crippen LogP) is 1.47. The van der Waals surface area contributed by atoms with Crippen LogP contribution in [-0.2, 0) is 11.3 Å². The molecule has 0 spiro atoms. The van der Waals surface area contributed by atoms with Gasteiger partial charge in [0.25, 0.3) is 0 Å². The van der Waals surface area contributed by atoms with E-state index in [0.29, 0.717) is 19.5 Å². The van der Waals surface area contributed by atoms with Crippen LogP contribution in [0.3, 0.4) is 0 Å². The third kappa shape index (κ3) is 2.82. The summed E-state index contributed by atoms with van der Waals surface area (Å²) in [6.07, 6.45) is 0.394. The number of aliphatic hydroxyl groups excluding tert-OH is 1. The lowest BCUT2D eigenvalue weighted by Crippen LogP contribution is -2.25. The third-order valence-electron chi connectivity index (χ3n) is 3.03. The number of halogens is 1. The molecule has 92 valence electrons. The number of likely N-dealkylation sites (tertiary alicyclic amines) is 1. The second-order valence-electron chi connectivity index (χ2n) is 4.66. The van der Waals surface area contributed by atoms with Gasteiger partial charge in [0.15, 0.2) is 0 Å². The Hall–Kier alpha value is -1.42. The van der Waals surface area contributed by atoms with Crippen LogP contribution in [0.15, 0.2) is 18.2 Å². The summed E-state index contributed by atoms with van der Waals surface area (Å²) in [6.45, 7) is 2.85. The summed E-state index contributed by atoms with van der Waals surface area (Å²) in [5.74, 6) is -0.214. The maximum Gasteiger partial charge on any atom is 0.223 e. The second-order valence-corrected chi connectivity index (χ2v) is 4.66. The molecule has 17 heavy (non-hydrogen) atoms. The number of nitrogens with zero attached hydrogens (tertiary/aromatic N) is 1. The normalized spacial score (nSPS) is 20.1. The van der Waals surface area contributed by atoms with Gasteiger partial charge in [0.1, 0.15) is 5.82 Å². The Labute approximate surface area is 99.9 Å². The number of carbonyl (C=O) groups is 1. The topological polar surface area (TPSA) is 40.5 Å². The molecule has 1 aliphatic heterocycles. The zero-order valence-electron chi connectivity index (χ0n) is 9.82. The van der Waals surface area contributed by atoms with Gasteiger partial charge in [-0.25, -0.2) is 4.39 Å². The Morgan fingerprint density at radius 2 is 2.24 bits per heavy atom. The van der Waals surface area contributed by atoms with Crippen LogP contribution in [-0.4, -0.2) is 29.1 Å². The second kappa shape index (κ2) is 4.84. The molecule has 2 rings (SSSR count). The smallest absolute Gasteiger partial charge is 0.223 e. The molecule has 0 bridgehead atoms. The summed E-state index contributed by atoms with van der Waals surface area (Å²) < 4.78 is 13.2. The Morgan fingerprint density at radius 1 is 1.47 bits per heavy atom. The van der Waals surface area contributed by atoms with Crippen LogP contribution < -0.4 is 0 Å². The van der Waals surface area contributed by atoms with Crippen molar-refractivity contribution in [2.45, 2.75) is 19.9 Å². The van der Waals surface area contributed by atoms with Crippen molar-refractivity contribution in [3.8, 4) is 0 Å². The minimum absolute atomic E-state index is 0.0251. The van der Waals surface area contributed by atoms with Gasteiger partial charge in [-0.1, -0.05) is 6.07 Å². The van der Waals surface area contributed by atoms with Gasteiger partial charge in [0.2, 0.25) is 5.91 Å². The van der Waals surface area contributed by atoms with E-state index in [9.17, 15) is 9.18 Å². The fourth-order valence-electron chi connectivity index (χ4n) is 2.25. The number of carbonyl (C=O) groups excluding carboxylic acids is 1. The van der Waals surface area contributed by atoms with Gasteiger partial charge in [-0.3, -0.25) is 4.79 Å². The molecule has 1 fully saturated rings. The maximum atomic E-state index is 13.2. The van der Waals surface area contributed by atoms with E-state index < -0.39 is 0 Å². The van der Waals surface area contributed by atoms with E-state index >= 15 is 0 Å². The summed E-state index contributed by atoms with van der Waals surface area (Å²) in [7, 11) is 0. The van der Waals surface area contributed by atoms with Crippen molar-refractivity contribution in [3.63, 3.8) is 0 Å². The number of hydrogen-bond donors (Lipinski definition) is 1. The average Bonchev–Trinajstić information content (AvgIpc) is 2.58. The molecule has 1 aromatic carbocycles. The van der Waals surface area contributed by atoms with Gasteiger partial charge in [0, 0.05) is 32.0 Å². The van der Waals surface area contributed by atoms with Gasteiger partial charge < -0.3 is 10.0 Å². The summed E-state index contributed by atoms with van der Waals surface area (Å²) in [5.41, 5.74) is 1.65. The number of benzene rings is 1. The number of aliphatic hydroxyl groups is 1. The van der Waals surface area contributed by atoms with Crippen LogP contribution >= 0.6 is 0 Å². The first-order valence-corrected chi connectivity index (χ1v) is 5.73. The molecule has 0 aromatic heterocycles. The van der Waals surface area contributed by atoms with Crippen LogP contribution in [0.5, 0.6) is 0 Å². The molecule has 1 unspecified atom stereocenters. The van der Waals surface area contributed by atoms with Gasteiger partial charge in [-0.2, -0.15) is 0 Å². The van der Waals surface area contributed by atoms with Crippen molar-refractivity contribution < 1.29 is 14.3 Å². The highest BCUT2D eigenvalue weighted by Gasteiger charge is 2.28. The lowest BCUT2D eigenvalue weighted by molar-refractivity contribution is -0.128. The van der Waals surface area contributed by atoms with Crippen molar-refractivity contribution in [2.24, 2.45) is 5.92 Å². The van der Waals surface area contributed by atoms with E-state index in [1.807, 2.05) is 13.0 Å². The van der Waals surface area contributed by atoms with Crippen molar-refractivity contribution in [3.05, 3.63) is 35.1 Å². The number of hydrogen-bond acceptors (Lipinski definition) is 2. The zero-order chi connectivity index (χ0) is 12.4. The van der Waals surface area contributed by atoms with Crippen LogP contribution in [0.4, 0.5) is 4.39 Å². The molecular formula is C13H16FNO2. The summed E-state index contributed by atoms with van der Waals surface area (Å²) in [6, 6.07) is 4.79. The fourth-order valence-corrected chi connectivity index (χ4v) is 2.25. The zero-order valence-corrected chi connectivity index (χ0v) is 9.82. The standard InChI is InChI=1S/C13H16FNO2/c1-9-2-10(4-12(14)3-9)6-15-7-11(8-16)5-13(15)17/h2-4,11,16H,5-8H2,1H3. The molecule has 1 atom stereocenters. The summed E-state index contributed by atoms with van der Waals surface area (Å²) in [4.78, 5) is 13.3. The first kappa shape index (κ1) is 12.0. The largest absolute Gasteiger partial charge is 0.396 e. The van der Waals surface area contributed by atoms with E-state index in [1.165, 1.54) is 12.1 Å². The van der Waals surface area contributed by atoms with E-state index in [1.54, 1.807) is 4.90 Å². The lowest BCUT2D eigenvalue weighted by atomic mass is 10.1. The highest BCUT2D eigenvalue weighted by Crippen LogP contribution is 2.20. The first-order valence-electron chi connectivity index (χ1n) is 5.73. The van der Waals surface area contributed by atoms with E-state index in [0.717, 1.165) is 11.1 Å². The summed E-state index contributed by atoms with van der Waals surface area (Å²) in [5, 5.41) is 9.02. The maximum absolute atomic E-state index is 13.2. The van der Waals surface area contributed by atoms with E-state index in [2.05, 4.69) is 0 Å². The Morgan fingerprint density at radius 3 is 2.82 bits per heavy atom. The first-order chi connectivity index (χ1) is 8.08. The Balaban J connectivity index is 2.08. The van der Waals surface area contributed by atoms with Gasteiger partial charge in [-0.15, -0.1) is 0 Å². The quantitative estimate of drug-likeness (QED) is 0.865. The fraction of sp³-hybridized carbons (Fsp3) is 0.462. The van der Waals surface area contributed by atoms with E-state index in [-0.39, 0.29) is 24.2 Å². The third-order valence-corrected chi connectivity index (χ3v) is 3.03. The highest BCUT2D eigenvalue weighted by atomic mass is 19.1. The molecule has 1 aliphatic rings. The molecular weight excluding hydrogens is 221 g/mol. The molecule has 0 radical (unpaired) electrons. The van der Waals surface area contributed by atoms with Crippen LogP contribution in [0.2, 0.25) is 0 Å². The van der Waals surface area contributed by atoms with Crippen molar-refractivity contribution in [2.75, 3.05) is 13.2 Å². The number of aryl methyl sites for hydroxylation is 1. The summed E-state index contributed by atoms with van der Waals surface area (Å²) >= 11 is 0.